The SMILES string of the molecule is O=C(COC(=O)COc1ccc(Cl)c2ccccc12)Nc1ccccc1[N+](=O)[O-]. The number of halogens is 1. The molecule has 9 heteroatoms. The highest BCUT2D eigenvalue weighted by Gasteiger charge is 2.16. The Bertz CT molecular complexity index is 1090. The van der Waals surface area contributed by atoms with Gasteiger partial charge in [0, 0.05) is 21.9 Å². The number of hydrogen-bond donors (Lipinski definition) is 1. The molecule has 3 rings (SSSR count). The molecule has 0 radical (unpaired) electrons. The molecule has 3 aromatic carbocycles. The fourth-order valence-corrected chi connectivity index (χ4v) is 2.84. The molecule has 29 heavy (non-hydrogen) atoms. The molecule has 0 atom stereocenters. The van der Waals surface area contributed by atoms with Gasteiger partial charge in [0.15, 0.2) is 13.2 Å². The van der Waals surface area contributed by atoms with E-state index in [0.29, 0.717) is 10.8 Å². The second kappa shape index (κ2) is 9.03. The monoisotopic (exact) mass is 414 g/mol. The Morgan fingerprint density at radius 3 is 2.41 bits per heavy atom. The zero-order valence-electron chi connectivity index (χ0n) is 15.0. The summed E-state index contributed by atoms with van der Waals surface area (Å²) in [5, 5.41) is 15.4. The number of carbonyl (C=O) groups excluding carboxylic acids is 2. The quantitative estimate of drug-likeness (QED) is 0.356. The summed E-state index contributed by atoms with van der Waals surface area (Å²) in [7, 11) is 0. The Labute approximate surface area is 170 Å². The first-order valence-electron chi connectivity index (χ1n) is 8.44. The van der Waals surface area contributed by atoms with E-state index in [9.17, 15) is 19.7 Å². The number of nitrogens with one attached hydrogen (secondary N) is 1. The second-order valence-electron chi connectivity index (χ2n) is 5.86. The van der Waals surface area contributed by atoms with Gasteiger partial charge in [-0.25, -0.2) is 4.79 Å². The fraction of sp³-hybridized carbons (Fsp3) is 0.100. The van der Waals surface area contributed by atoms with E-state index in [2.05, 4.69) is 5.32 Å². The van der Waals surface area contributed by atoms with Gasteiger partial charge in [-0.1, -0.05) is 48.0 Å². The van der Waals surface area contributed by atoms with Crippen LogP contribution >= 0.6 is 11.6 Å². The third-order valence-corrected chi connectivity index (χ3v) is 4.25. The minimum absolute atomic E-state index is 0.0161. The molecule has 8 nitrogen and oxygen atoms in total. The number of rotatable bonds is 7. The predicted molar refractivity (Wildman–Crippen MR) is 107 cm³/mol. The zero-order chi connectivity index (χ0) is 20.8. The molecule has 3 aromatic rings. The standard InChI is InChI=1S/C20H15ClN2O6/c21-15-9-10-18(14-6-2-1-5-13(14)15)28-12-20(25)29-11-19(24)22-16-7-3-4-8-17(16)23(26)27/h1-10H,11-12H2,(H,22,24). The van der Waals surface area contributed by atoms with Gasteiger partial charge in [0.1, 0.15) is 11.4 Å². The summed E-state index contributed by atoms with van der Waals surface area (Å²) in [6.45, 7) is -1.01. The third-order valence-electron chi connectivity index (χ3n) is 3.92. The van der Waals surface area contributed by atoms with Gasteiger partial charge < -0.3 is 14.8 Å². The Balaban J connectivity index is 1.54. The van der Waals surface area contributed by atoms with Crippen LogP contribution in [0.5, 0.6) is 5.75 Å². The van der Waals surface area contributed by atoms with E-state index >= 15 is 0 Å². The number of anilines is 1. The van der Waals surface area contributed by atoms with Crippen molar-refractivity contribution >= 4 is 45.6 Å². The van der Waals surface area contributed by atoms with Crippen molar-refractivity contribution < 1.29 is 24.0 Å². The molecule has 0 aliphatic carbocycles. The average molecular weight is 415 g/mol. The Kier molecular flexibility index (Phi) is 6.25. The Morgan fingerprint density at radius 2 is 1.66 bits per heavy atom. The van der Waals surface area contributed by atoms with Gasteiger partial charge in [-0.3, -0.25) is 14.9 Å². The van der Waals surface area contributed by atoms with Crippen LogP contribution in [-0.4, -0.2) is 30.0 Å². The molecule has 1 amide bonds. The summed E-state index contributed by atoms with van der Waals surface area (Å²) in [6, 6.07) is 16.2. The van der Waals surface area contributed by atoms with Crippen molar-refractivity contribution in [1.29, 1.82) is 0 Å². The number of fused-ring (bicyclic) bond motifs is 1. The van der Waals surface area contributed by atoms with Crippen molar-refractivity contribution in [2.24, 2.45) is 0 Å². The maximum Gasteiger partial charge on any atom is 0.344 e. The van der Waals surface area contributed by atoms with Crippen LogP contribution < -0.4 is 10.1 Å². The first-order valence-corrected chi connectivity index (χ1v) is 8.82. The van der Waals surface area contributed by atoms with E-state index < -0.39 is 30.0 Å². The number of para-hydroxylation sites is 2. The minimum Gasteiger partial charge on any atom is -0.481 e. The molecule has 148 valence electrons. The van der Waals surface area contributed by atoms with Gasteiger partial charge in [-0.15, -0.1) is 0 Å². The number of esters is 1. The lowest BCUT2D eigenvalue weighted by molar-refractivity contribution is -0.383. The van der Waals surface area contributed by atoms with E-state index in [0.717, 1.165) is 10.8 Å². The summed E-state index contributed by atoms with van der Waals surface area (Å²) in [6.07, 6.45) is 0. The molecule has 0 bridgehead atoms. The van der Waals surface area contributed by atoms with Crippen molar-refractivity contribution in [3.8, 4) is 5.75 Å². The van der Waals surface area contributed by atoms with Crippen LogP contribution in [0.15, 0.2) is 60.7 Å². The van der Waals surface area contributed by atoms with E-state index in [-0.39, 0.29) is 11.4 Å². The fourth-order valence-electron chi connectivity index (χ4n) is 2.61. The van der Waals surface area contributed by atoms with Crippen LogP contribution in [0.4, 0.5) is 11.4 Å². The van der Waals surface area contributed by atoms with Crippen LogP contribution in [0.1, 0.15) is 0 Å². The maximum atomic E-state index is 11.9. The molecule has 0 saturated heterocycles. The molecule has 0 heterocycles. The lowest BCUT2D eigenvalue weighted by atomic mass is 10.1. The molecule has 0 saturated carbocycles. The number of benzene rings is 3. The molecular formula is C20H15ClN2O6. The molecule has 0 unspecified atom stereocenters. The van der Waals surface area contributed by atoms with Crippen molar-refractivity contribution in [2.75, 3.05) is 18.5 Å². The van der Waals surface area contributed by atoms with Crippen LogP contribution in [-0.2, 0) is 14.3 Å². The first kappa shape index (κ1) is 20.1. The van der Waals surface area contributed by atoms with Crippen LogP contribution in [0.2, 0.25) is 5.02 Å². The number of amides is 1. The average Bonchev–Trinajstić information content (AvgIpc) is 2.72. The molecule has 1 N–H and O–H groups in total. The summed E-state index contributed by atoms with van der Waals surface area (Å²) in [4.78, 5) is 34.1. The lowest BCUT2D eigenvalue weighted by Gasteiger charge is -2.10. The minimum atomic E-state index is -0.762. The molecular weight excluding hydrogens is 400 g/mol. The topological polar surface area (TPSA) is 108 Å². The van der Waals surface area contributed by atoms with Crippen molar-refractivity contribution in [3.63, 3.8) is 0 Å². The second-order valence-corrected chi connectivity index (χ2v) is 6.27. The van der Waals surface area contributed by atoms with E-state index in [1.165, 1.54) is 18.2 Å². The summed E-state index contributed by atoms with van der Waals surface area (Å²) in [5.41, 5.74) is -0.243. The zero-order valence-corrected chi connectivity index (χ0v) is 15.7. The smallest absolute Gasteiger partial charge is 0.344 e. The van der Waals surface area contributed by atoms with Crippen LogP contribution in [0.25, 0.3) is 10.8 Å². The number of nitro groups is 1. The van der Waals surface area contributed by atoms with E-state index in [1.54, 1.807) is 18.2 Å². The van der Waals surface area contributed by atoms with E-state index in [4.69, 9.17) is 21.1 Å². The van der Waals surface area contributed by atoms with Crippen LogP contribution in [0, 0.1) is 10.1 Å². The normalized spacial score (nSPS) is 10.4. The largest absolute Gasteiger partial charge is 0.481 e. The first-order chi connectivity index (χ1) is 14.0. The highest BCUT2D eigenvalue weighted by atomic mass is 35.5. The number of hydrogen-bond acceptors (Lipinski definition) is 6. The van der Waals surface area contributed by atoms with E-state index in [1.807, 2.05) is 24.3 Å². The highest BCUT2D eigenvalue weighted by molar-refractivity contribution is 6.35. The lowest BCUT2D eigenvalue weighted by Crippen LogP contribution is -2.24. The van der Waals surface area contributed by atoms with Crippen molar-refractivity contribution in [1.82, 2.24) is 0 Å². The molecule has 0 fully saturated rings. The van der Waals surface area contributed by atoms with Gasteiger partial charge in [-0.05, 0) is 18.2 Å². The van der Waals surface area contributed by atoms with Crippen molar-refractivity contribution in [3.05, 3.63) is 75.8 Å². The highest BCUT2D eigenvalue weighted by Crippen LogP contribution is 2.31. The maximum absolute atomic E-state index is 11.9. The summed E-state index contributed by atoms with van der Waals surface area (Å²) >= 11 is 6.14. The Morgan fingerprint density at radius 1 is 0.966 bits per heavy atom. The third kappa shape index (κ3) is 4.99. The number of nitrogens with zero attached hydrogens (tertiary/aromatic N) is 1. The molecule has 0 aromatic heterocycles. The number of carbonyl (C=O) groups is 2. The molecule has 0 spiro atoms. The Hall–Kier alpha value is -3.65. The van der Waals surface area contributed by atoms with Gasteiger partial charge in [0.25, 0.3) is 11.6 Å². The number of nitro benzene ring substituents is 1. The number of ether oxygens (including phenoxy) is 2. The van der Waals surface area contributed by atoms with Gasteiger partial charge >= 0.3 is 5.97 Å². The summed E-state index contributed by atoms with van der Waals surface area (Å²) < 4.78 is 10.3. The van der Waals surface area contributed by atoms with Crippen molar-refractivity contribution in [2.45, 2.75) is 0 Å². The molecule has 0 aliphatic heterocycles. The predicted octanol–water partition coefficient (Wildman–Crippen LogP) is 3.96. The molecule has 0 aliphatic rings. The summed E-state index contributed by atoms with van der Waals surface area (Å²) in [5.74, 6) is -1.02. The van der Waals surface area contributed by atoms with Gasteiger partial charge in [0.05, 0.1) is 4.92 Å². The van der Waals surface area contributed by atoms with Crippen LogP contribution in [0.3, 0.4) is 0 Å². The van der Waals surface area contributed by atoms with Gasteiger partial charge in [-0.2, -0.15) is 0 Å². The van der Waals surface area contributed by atoms with Gasteiger partial charge in [0.2, 0.25) is 0 Å².